The van der Waals surface area contributed by atoms with Crippen molar-refractivity contribution in [2.45, 2.75) is 24.8 Å². The summed E-state index contributed by atoms with van der Waals surface area (Å²) in [7, 11) is 1.71. The number of methoxy groups -OCH3 is 1. The Kier molecular flexibility index (Phi) is 3.91. The average Bonchev–Trinajstić information content (AvgIpc) is 2.35. The molecule has 0 amide bonds. The van der Waals surface area contributed by atoms with Crippen LogP contribution < -0.4 is 15.9 Å². The molecule has 1 unspecified atom stereocenters. The molecule has 2 rings (SSSR count). The van der Waals surface area contributed by atoms with Crippen LogP contribution in [0.1, 0.15) is 24.0 Å². The molecular formula is C12H18N3OS+. The van der Waals surface area contributed by atoms with E-state index in [4.69, 9.17) is 4.74 Å². The van der Waals surface area contributed by atoms with Gasteiger partial charge < -0.3 is 10.5 Å². The van der Waals surface area contributed by atoms with E-state index in [1.807, 2.05) is 12.1 Å². The number of hydrogen-bond donors (Lipinski definition) is 3. The monoisotopic (exact) mass is 252 g/mol. The summed E-state index contributed by atoms with van der Waals surface area (Å²) in [5.41, 5.74) is 9.94. The Hall–Kier alpha value is -1.20. The van der Waals surface area contributed by atoms with Crippen LogP contribution in [-0.4, -0.2) is 18.3 Å². The van der Waals surface area contributed by atoms with Crippen molar-refractivity contribution in [3.8, 4) is 5.75 Å². The Morgan fingerprint density at radius 2 is 2.29 bits per heavy atom. The highest BCUT2D eigenvalue weighted by atomic mass is 32.1. The van der Waals surface area contributed by atoms with Gasteiger partial charge in [-0.15, -0.1) is 0 Å². The van der Waals surface area contributed by atoms with Gasteiger partial charge in [0.25, 0.3) is 0 Å². The molecule has 1 aliphatic rings. The highest BCUT2D eigenvalue weighted by molar-refractivity contribution is 7.80. The number of hydrazone groups is 1. The SMILES string of the molecule is COc1cccc2c1CCCC2=NNC([NH3+])S. The van der Waals surface area contributed by atoms with Crippen LogP contribution >= 0.6 is 12.6 Å². The first-order chi connectivity index (χ1) is 8.22. The summed E-state index contributed by atoms with van der Waals surface area (Å²) >= 11 is 4.15. The van der Waals surface area contributed by atoms with Gasteiger partial charge in [0, 0.05) is 11.1 Å². The fraction of sp³-hybridized carbons (Fsp3) is 0.417. The van der Waals surface area contributed by atoms with Crippen LogP contribution in [0.5, 0.6) is 5.75 Å². The van der Waals surface area contributed by atoms with E-state index in [1.165, 1.54) is 11.1 Å². The molecule has 0 radical (unpaired) electrons. The minimum Gasteiger partial charge on any atom is -0.496 e. The summed E-state index contributed by atoms with van der Waals surface area (Å²) < 4.78 is 5.38. The maximum absolute atomic E-state index is 5.38. The molecule has 4 N–H and O–H groups in total. The van der Waals surface area contributed by atoms with Crippen molar-refractivity contribution in [3.05, 3.63) is 29.3 Å². The van der Waals surface area contributed by atoms with Crippen molar-refractivity contribution in [2.75, 3.05) is 7.11 Å². The lowest BCUT2D eigenvalue weighted by atomic mass is 9.89. The zero-order valence-electron chi connectivity index (χ0n) is 9.94. The Bertz CT molecular complexity index is 432. The molecule has 4 nitrogen and oxygen atoms in total. The summed E-state index contributed by atoms with van der Waals surface area (Å²) in [4.78, 5) is 0. The number of fused-ring (bicyclic) bond motifs is 1. The lowest BCUT2D eigenvalue weighted by molar-refractivity contribution is -0.393. The molecule has 0 saturated heterocycles. The van der Waals surface area contributed by atoms with Gasteiger partial charge in [-0.2, -0.15) is 5.10 Å². The molecule has 0 saturated carbocycles. The van der Waals surface area contributed by atoms with Crippen molar-refractivity contribution in [1.82, 2.24) is 5.43 Å². The third kappa shape index (κ3) is 2.73. The third-order valence-electron chi connectivity index (χ3n) is 2.85. The standard InChI is InChI=1S/C12H17N3OS/c1-16-11-7-3-4-8-9(11)5-2-6-10(8)14-15-12(13)17/h3-4,7,12,15,17H,2,5-6,13H2,1H3/p+1. The molecule has 0 fully saturated rings. The summed E-state index contributed by atoms with van der Waals surface area (Å²) in [6.07, 6.45) is 3.13. The molecule has 1 aromatic carbocycles. The first kappa shape index (κ1) is 12.3. The predicted octanol–water partition coefficient (Wildman–Crippen LogP) is 0.780. The Morgan fingerprint density at radius 3 is 3.00 bits per heavy atom. The number of nitrogens with zero attached hydrogens (tertiary/aromatic N) is 1. The van der Waals surface area contributed by atoms with E-state index in [0.717, 1.165) is 30.7 Å². The molecule has 1 atom stereocenters. The molecule has 0 heterocycles. The van der Waals surface area contributed by atoms with Crippen LogP contribution in [0.2, 0.25) is 0 Å². The minimum absolute atomic E-state index is 0.182. The molecule has 0 aromatic heterocycles. The van der Waals surface area contributed by atoms with Crippen LogP contribution in [0.4, 0.5) is 0 Å². The summed E-state index contributed by atoms with van der Waals surface area (Å²) in [5, 5.41) is 4.37. The number of ether oxygens (including phenoxy) is 1. The molecule has 0 bridgehead atoms. The highest BCUT2D eigenvalue weighted by Crippen LogP contribution is 2.29. The van der Waals surface area contributed by atoms with Gasteiger partial charge in [0.1, 0.15) is 5.75 Å². The number of quaternary nitrogens is 1. The van der Waals surface area contributed by atoms with E-state index < -0.39 is 0 Å². The number of thiol groups is 1. The second-order valence-electron chi connectivity index (χ2n) is 4.04. The van der Waals surface area contributed by atoms with Crippen LogP contribution in [0.3, 0.4) is 0 Å². The van der Waals surface area contributed by atoms with E-state index in [-0.39, 0.29) is 5.50 Å². The van der Waals surface area contributed by atoms with E-state index >= 15 is 0 Å². The second kappa shape index (κ2) is 5.42. The molecule has 0 spiro atoms. The Labute approximate surface area is 107 Å². The maximum Gasteiger partial charge on any atom is 0.218 e. The lowest BCUT2D eigenvalue weighted by Gasteiger charge is -2.20. The number of nitrogens with one attached hydrogen (secondary N) is 1. The highest BCUT2D eigenvalue weighted by Gasteiger charge is 2.18. The fourth-order valence-electron chi connectivity index (χ4n) is 2.12. The van der Waals surface area contributed by atoms with Crippen LogP contribution in [0.15, 0.2) is 23.3 Å². The van der Waals surface area contributed by atoms with Crippen LogP contribution in [0.25, 0.3) is 0 Å². The molecular weight excluding hydrogens is 234 g/mol. The first-order valence-corrected chi connectivity index (χ1v) is 6.23. The molecule has 17 heavy (non-hydrogen) atoms. The number of benzene rings is 1. The second-order valence-corrected chi connectivity index (χ2v) is 4.67. The van der Waals surface area contributed by atoms with E-state index in [1.54, 1.807) is 7.11 Å². The van der Waals surface area contributed by atoms with Gasteiger partial charge in [-0.3, -0.25) is 0 Å². The van der Waals surface area contributed by atoms with Crippen molar-refractivity contribution in [2.24, 2.45) is 5.10 Å². The van der Waals surface area contributed by atoms with Crippen molar-refractivity contribution < 1.29 is 10.5 Å². The Balaban J connectivity index is 2.34. The topological polar surface area (TPSA) is 61.3 Å². The van der Waals surface area contributed by atoms with Crippen molar-refractivity contribution >= 4 is 18.3 Å². The first-order valence-electron chi connectivity index (χ1n) is 5.72. The van der Waals surface area contributed by atoms with E-state index in [2.05, 4.69) is 35.0 Å². The van der Waals surface area contributed by atoms with Gasteiger partial charge in [-0.25, -0.2) is 5.43 Å². The quantitative estimate of drug-likeness (QED) is 0.423. The largest absolute Gasteiger partial charge is 0.496 e. The minimum atomic E-state index is -0.182. The molecule has 0 aliphatic heterocycles. The zero-order valence-corrected chi connectivity index (χ0v) is 10.8. The summed E-state index contributed by atoms with van der Waals surface area (Å²) in [6.45, 7) is 0. The molecule has 92 valence electrons. The molecule has 5 heteroatoms. The van der Waals surface area contributed by atoms with Crippen molar-refractivity contribution in [1.29, 1.82) is 0 Å². The van der Waals surface area contributed by atoms with Gasteiger partial charge in [0.05, 0.1) is 12.8 Å². The van der Waals surface area contributed by atoms with Gasteiger partial charge in [-0.05, 0) is 25.3 Å². The number of rotatable bonds is 3. The van der Waals surface area contributed by atoms with E-state index in [0.29, 0.717) is 0 Å². The normalized spacial score (nSPS) is 18.6. The molecule has 1 aliphatic carbocycles. The van der Waals surface area contributed by atoms with Gasteiger partial charge >= 0.3 is 0 Å². The van der Waals surface area contributed by atoms with Crippen molar-refractivity contribution in [3.63, 3.8) is 0 Å². The van der Waals surface area contributed by atoms with Gasteiger partial charge in [0.2, 0.25) is 5.50 Å². The predicted molar refractivity (Wildman–Crippen MR) is 71.3 cm³/mol. The van der Waals surface area contributed by atoms with Crippen LogP contribution in [-0.2, 0) is 6.42 Å². The summed E-state index contributed by atoms with van der Waals surface area (Å²) in [5.74, 6) is 0.951. The Morgan fingerprint density at radius 1 is 1.47 bits per heavy atom. The zero-order chi connectivity index (χ0) is 12.3. The maximum atomic E-state index is 5.38. The van der Waals surface area contributed by atoms with Crippen LogP contribution in [0, 0.1) is 0 Å². The van der Waals surface area contributed by atoms with Gasteiger partial charge in [0.15, 0.2) is 0 Å². The third-order valence-corrected chi connectivity index (χ3v) is 2.97. The lowest BCUT2D eigenvalue weighted by Crippen LogP contribution is -2.63. The van der Waals surface area contributed by atoms with E-state index in [9.17, 15) is 0 Å². The number of hydrogen-bond acceptors (Lipinski definition) is 4. The average molecular weight is 252 g/mol. The van der Waals surface area contributed by atoms with Gasteiger partial charge in [-0.1, -0.05) is 24.8 Å². The fourth-order valence-corrected chi connectivity index (χ4v) is 2.18. The smallest absolute Gasteiger partial charge is 0.218 e. The molecule has 1 aromatic rings. The summed E-state index contributed by atoms with van der Waals surface area (Å²) in [6, 6.07) is 6.09.